The molecule has 1 atom stereocenters. The molecule has 3 rings (SSSR count). The van der Waals surface area contributed by atoms with Crippen molar-refractivity contribution < 1.29 is 0 Å². The zero-order chi connectivity index (χ0) is 13.1. The third kappa shape index (κ3) is 3.46. The predicted molar refractivity (Wildman–Crippen MR) is 83.3 cm³/mol. The van der Waals surface area contributed by atoms with Gasteiger partial charge in [0.25, 0.3) is 0 Å². The van der Waals surface area contributed by atoms with Crippen LogP contribution in [-0.2, 0) is 6.54 Å². The van der Waals surface area contributed by atoms with Crippen molar-refractivity contribution in [1.29, 1.82) is 0 Å². The largest absolute Gasteiger partial charge is 0.312 e. The van der Waals surface area contributed by atoms with E-state index in [0.717, 1.165) is 24.9 Å². The smallest absolute Gasteiger partial charge is 0.0346 e. The van der Waals surface area contributed by atoms with E-state index in [1.54, 1.807) is 0 Å². The van der Waals surface area contributed by atoms with Crippen LogP contribution in [0.15, 0.2) is 42.5 Å². The standard InChI is InChI=1S/C17H21NS/c1-13(14-7-8-14)11-18-12-16-9-10-17(19-16)15-5-3-2-4-6-15/h2-6,9-10,13-14,18H,7-8,11-12H2,1H3. The topological polar surface area (TPSA) is 12.0 Å². The van der Waals surface area contributed by atoms with Crippen LogP contribution in [0.3, 0.4) is 0 Å². The molecule has 0 aliphatic heterocycles. The van der Waals surface area contributed by atoms with Crippen molar-refractivity contribution in [2.45, 2.75) is 26.3 Å². The minimum absolute atomic E-state index is 0.841. The third-order valence-electron chi connectivity index (χ3n) is 3.91. The molecule has 1 N–H and O–H groups in total. The fourth-order valence-corrected chi connectivity index (χ4v) is 3.47. The second-order valence-corrected chi connectivity index (χ2v) is 6.75. The lowest BCUT2D eigenvalue weighted by atomic mass is 10.1. The minimum Gasteiger partial charge on any atom is -0.312 e. The quantitative estimate of drug-likeness (QED) is 0.812. The maximum absolute atomic E-state index is 3.60. The summed E-state index contributed by atoms with van der Waals surface area (Å²) in [5.74, 6) is 1.84. The van der Waals surface area contributed by atoms with Crippen molar-refractivity contribution in [2.24, 2.45) is 11.8 Å². The van der Waals surface area contributed by atoms with Crippen LogP contribution < -0.4 is 5.32 Å². The first kappa shape index (κ1) is 12.9. The van der Waals surface area contributed by atoms with Gasteiger partial charge in [-0.15, -0.1) is 11.3 Å². The highest BCUT2D eigenvalue weighted by Crippen LogP contribution is 2.36. The summed E-state index contributed by atoms with van der Waals surface area (Å²) in [7, 11) is 0. The molecule has 2 aromatic rings. The highest BCUT2D eigenvalue weighted by Gasteiger charge is 2.27. The Morgan fingerprint density at radius 2 is 1.95 bits per heavy atom. The molecule has 1 fully saturated rings. The van der Waals surface area contributed by atoms with E-state index in [-0.39, 0.29) is 0 Å². The molecular weight excluding hydrogens is 250 g/mol. The van der Waals surface area contributed by atoms with Gasteiger partial charge in [-0.25, -0.2) is 0 Å². The van der Waals surface area contributed by atoms with Crippen LogP contribution in [0.25, 0.3) is 10.4 Å². The van der Waals surface area contributed by atoms with Crippen molar-refractivity contribution in [3.05, 3.63) is 47.3 Å². The number of hydrogen-bond donors (Lipinski definition) is 1. The lowest BCUT2D eigenvalue weighted by molar-refractivity contribution is 0.463. The second kappa shape index (κ2) is 5.89. The Morgan fingerprint density at radius 3 is 2.68 bits per heavy atom. The zero-order valence-electron chi connectivity index (χ0n) is 11.4. The molecule has 19 heavy (non-hydrogen) atoms. The highest BCUT2D eigenvalue weighted by molar-refractivity contribution is 7.15. The van der Waals surface area contributed by atoms with E-state index in [2.05, 4.69) is 54.7 Å². The van der Waals surface area contributed by atoms with Gasteiger partial charge in [0.1, 0.15) is 0 Å². The summed E-state index contributed by atoms with van der Waals surface area (Å²) in [6.07, 6.45) is 2.89. The van der Waals surface area contributed by atoms with E-state index in [1.807, 2.05) is 11.3 Å². The van der Waals surface area contributed by atoms with Crippen LogP contribution in [0.2, 0.25) is 0 Å². The summed E-state index contributed by atoms with van der Waals surface area (Å²) in [5.41, 5.74) is 1.32. The Morgan fingerprint density at radius 1 is 1.16 bits per heavy atom. The number of benzene rings is 1. The van der Waals surface area contributed by atoms with Crippen molar-refractivity contribution in [3.8, 4) is 10.4 Å². The Labute approximate surface area is 119 Å². The normalized spacial score (nSPS) is 16.5. The molecular formula is C17H21NS. The number of nitrogens with one attached hydrogen (secondary N) is 1. The molecule has 100 valence electrons. The first-order valence-electron chi connectivity index (χ1n) is 7.18. The summed E-state index contributed by atoms with van der Waals surface area (Å²) in [5, 5.41) is 3.60. The van der Waals surface area contributed by atoms with Gasteiger partial charge in [-0.2, -0.15) is 0 Å². The Hall–Kier alpha value is -1.12. The van der Waals surface area contributed by atoms with Crippen molar-refractivity contribution in [3.63, 3.8) is 0 Å². The second-order valence-electron chi connectivity index (χ2n) is 5.58. The van der Waals surface area contributed by atoms with Crippen LogP contribution in [0.1, 0.15) is 24.6 Å². The first-order valence-corrected chi connectivity index (χ1v) is 7.99. The molecule has 0 radical (unpaired) electrons. The van der Waals surface area contributed by atoms with Gasteiger partial charge in [0.15, 0.2) is 0 Å². The molecule has 1 aromatic heterocycles. The van der Waals surface area contributed by atoms with E-state index >= 15 is 0 Å². The van der Waals surface area contributed by atoms with Gasteiger partial charge in [-0.3, -0.25) is 0 Å². The molecule has 1 aromatic carbocycles. The summed E-state index contributed by atoms with van der Waals surface area (Å²) in [6, 6.07) is 15.1. The molecule has 1 heterocycles. The molecule has 0 saturated heterocycles. The molecule has 2 heteroatoms. The summed E-state index contributed by atoms with van der Waals surface area (Å²) >= 11 is 1.90. The van der Waals surface area contributed by atoms with Gasteiger partial charge < -0.3 is 5.32 Å². The predicted octanol–water partition coefficient (Wildman–Crippen LogP) is 4.55. The van der Waals surface area contributed by atoms with E-state index in [9.17, 15) is 0 Å². The van der Waals surface area contributed by atoms with Gasteiger partial charge >= 0.3 is 0 Å². The fourth-order valence-electron chi connectivity index (χ4n) is 2.49. The maximum atomic E-state index is 3.60. The Balaban J connectivity index is 1.53. The van der Waals surface area contributed by atoms with E-state index in [0.29, 0.717) is 0 Å². The lowest BCUT2D eigenvalue weighted by Crippen LogP contribution is -2.21. The summed E-state index contributed by atoms with van der Waals surface area (Å²) in [6.45, 7) is 4.53. The molecule has 1 nitrogen and oxygen atoms in total. The van der Waals surface area contributed by atoms with Gasteiger partial charge in [0.2, 0.25) is 0 Å². The Bertz CT molecular complexity index is 513. The molecule has 1 saturated carbocycles. The molecule has 1 unspecified atom stereocenters. The molecule has 1 aliphatic rings. The van der Waals surface area contributed by atoms with Crippen LogP contribution in [0, 0.1) is 11.8 Å². The minimum atomic E-state index is 0.841. The molecule has 0 bridgehead atoms. The van der Waals surface area contributed by atoms with Gasteiger partial charge in [-0.1, -0.05) is 37.3 Å². The van der Waals surface area contributed by atoms with Gasteiger partial charge in [0.05, 0.1) is 0 Å². The van der Waals surface area contributed by atoms with Crippen LogP contribution in [-0.4, -0.2) is 6.54 Å². The average Bonchev–Trinajstić information content (AvgIpc) is 3.20. The number of thiophene rings is 1. The fraction of sp³-hybridized carbons (Fsp3) is 0.412. The average molecular weight is 271 g/mol. The molecule has 0 spiro atoms. The summed E-state index contributed by atoms with van der Waals surface area (Å²) < 4.78 is 0. The van der Waals surface area contributed by atoms with E-state index in [1.165, 1.54) is 28.2 Å². The number of rotatable bonds is 6. The Kier molecular flexibility index (Phi) is 4.00. The molecule has 1 aliphatic carbocycles. The van der Waals surface area contributed by atoms with Crippen molar-refractivity contribution in [1.82, 2.24) is 5.32 Å². The van der Waals surface area contributed by atoms with Gasteiger partial charge in [-0.05, 0) is 48.9 Å². The molecule has 0 amide bonds. The third-order valence-corrected chi connectivity index (χ3v) is 5.05. The number of hydrogen-bond acceptors (Lipinski definition) is 2. The van der Waals surface area contributed by atoms with Gasteiger partial charge in [0, 0.05) is 16.3 Å². The highest BCUT2D eigenvalue weighted by atomic mass is 32.1. The first-order chi connectivity index (χ1) is 9.33. The SMILES string of the molecule is CC(CNCc1ccc(-c2ccccc2)s1)C1CC1. The maximum Gasteiger partial charge on any atom is 0.0346 e. The van der Waals surface area contributed by atoms with Crippen LogP contribution in [0.5, 0.6) is 0 Å². The summed E-state index contributed by atoms with van der Waals surface area (Å²) in [4.78, 5) is 2.80. The van der Waals surface area contributed by atoms with Crippen molar-refractivity contribution >= 4 is 11.3 Å². The van der Waals surface area contributed by atoms with Crippen LogP contribution in [0.4, 0.5) is 0 Å². The van der Waals surface area contributed by atoms with E-state index in [4.69, 9.17) is 0 Å². The lowest BCUT2D eigenvalue weighted by Gasteiger charge is -2.10. The monoisotopic (exact) mass is 271 g/mol. The zero-order valence-corrected chi connectivity index (χ0v) is 12.2. The van der Waals surface area contributed by atoms with E-state index < -0.39 is 0 Å². The van der Waals surface area contributed by atoms with Crippen molar-refractivity contribution in [2.75, 3.05) is 6.54 Å². The van der Waals surface area contributed by atoms with Crippen LogP contribution >= 0.6 is 11.3 Å².